The number of esters is 1. The van der Waals surface area contributed by atoms with E-state index in [9.17, 15) is 4.79 Å². The number of carbonyl (C=O) groups is 1. The van der Waals surface area contributed by atoms with Gasteiger partial charge in [-0.2, -0.15) is 0 Å². The van der Waals surface area contributed by atoms with E-state index < -0.39 is 5.97 Å². The summed E-state index contributed by atoms with van der Waals surface area (Å²) in [7, 11) is 1.32. The van der Waals surface area contributed by atoms with Crippen LogP contribution in [-0.2, 0) is 4.74 Å². The Morgan fingerprint density at radius 1 is 0.962 bits per heavy atom. The lowest BCUT2D eigenvalue weighted by atomic mass is 10.1. The number of hydrogen-bond donors (Lipinski definition) is 2. The Hall–Kier alpha value is -3.41. The maximum Gasteiger partial charge on any atom is 0.341 e. The normalized spacial score (nSPS) is 11.5. The summed E-state index contributed by atoms with van der Waals surface area (Å²) >= 11 is 0. The molecular weight excluding hydrogens is 328 g/mol. The van der Waals surface area contributed by atoms with Crippen molar-refractivity contribution < 1.29 is 9.53 Å². The second-order valence-corrected chi connectivity index (χ2v) is 5.77. The number of anilines is 3. The van der Waals surface area contributed by atoms with Gasteiger partial charge in [-0.15, -0.1) is 0 Å². The number of nitrogens with zero attached hydrogens (tertiary/aromatic N) is 2. The van der Waals surface area contributed by atoms with Gasteiger partial charge in [-0.05, 0) is 36.8 Å². The summed E-state index contributed by atoms with van der Waals surface area (Å²) in [6, 6.07) is 18.4. The molecule has 0 aliphatic carbocycles. The molecule has 0 spiro atoms. The monoisotopic (exact) mass is 348 g/mol. The molecule has 0 amide bonds. The molecule has 0 aliphatic rings. The molecule has 1 aromatic heterocycles. The van der Waals surface area contributed by atoms with Crippen molar-refractivity contribution in [1.82, 2.24) is 9.97 Å². The predicted octanol–water partition coefficient (Wildman–Crippen LogP) is 4.18. The first-order valence-electron chi connectivity index (χ1n) is 8.24. The van der Waals surface area contributed by atoms with E-state index in [2.05, 4.69) is 44.4 Å². The van der Waals surface area contributed by atoms with Crippen molar-refractivity contribution in [1.29, 1.82) is 0 Å². The minimum atomic E-state index is -0.459. The standard InChI is InChI=1S/C20H20N4O2/c1-14(15-6-4-3-5-7-15)23-17-8-10-18(11-9-17)24-20-21-12-16(13-22-20)19(25)26-2/h3-14,23H,1-2H3,(H,21,22,24). The van der Waals surface area contributed by atoms with Crippen molar-refractivity contribution in [3.8, 4) is 0 Å². The van der Waals surface area contributed by atoms with Gasteiger partial charge >= 0.3 is 5.97 Å². The van der Waals surface area contributed by atoms with Crippen LogP contribution >= 0.6 is 0 Å². The number of aromatic nitrogens is 2. The molecule has 0 fully saturated rings. The third-order valence-corrected chi connectivity index (χ3v) is 3.90. The number of benzene rings is 2. The van der Waals surface area contributed by atoms with Crippen molar-refractivity contribution in [2.75, 3.05) is 17.7 Å². The maximum absolute atomic E-state index is 11.4. The minimum absolute atomic E-state index is 0.212. The molecule has 0 saturated carbocycles. The Morgan fingerprint density at radius 3 is 2.19 bits per heavy atom. The molecule has 2 aromatic carbocycles. The summed E-state index contributed by atoms with van der Waals surface area (Å²) in [5, 5.41) is 6.56. The van der Waals surface area contributed by atoms with E-state index in [1.54, 1.807) is 0 Å². The molecule has 2 N–H and O–H groups in total. The van der Waals surface area contributed by atoms with Gasteiger partial charge in [0.25, 0.3) is 0 Å². The zero-order valence-corrected chi connectivity index (χ0v) is 14.6. The topological polar surface area (TPSA) is 76.1 Å². The highest BCUT2D eigenvalue weighted by atomic mass is 16.5. The van der Waals surface area contributed by atoms with Crippen molar-refractivity contribution in [3.05, 3.63) is 78.1 Å². The van der Waals surface area contributed by atoms with E-state index in [0.717, 1.165) is 11.4 Å². The second kappa shape index (κ2) is 8.11. The van der Waals surface area contributed by atoms with Crippen molar-refractivity contribution in [2.45, 2.75) is 13.0 Å². The molecule has 3 aromatic rings. The molecule has 0 saturated heterocycles. The average Bonchev–Trinajstić information content (AvgIpc) is 2.70. The number of methoxy groups -OCH3 is 1. The SMILES string of the molecule is COC(=O)c1cnc(Nc2ccc(NC(C)c3ccccc3)cc2)nc1. The lowest BCUT2D eigenvalue weighted by Crippen LogP contribution is -2.06. The van der Waals surface area contributed by atoms with Gasteiger partial charge in [0.05, 0.1) is 12.7 Å². The molecule has 6 heteroatoms. The van der Waals surface area contributed by atoms with Crippen LogP contribution in [0.25, 0.3) is 0 Å². The van der Waals surface area contributed by atoms with Crippen molar-refractivity contribution in [2.24, 2.45) is 0 Å². The Balaban J connectivity index is 1.61. The summed E-state index contributed by atoms with van der Waals surface area (Å²) in [6.45, 7) is 2.12. The summed E-state index contributed by atoms with van der Waals surface area (Å²) in [5.74, 6) is -0.0458. The molecule has 0 radical (unpaired) electrons. The van der Waals surface area contributed by atoms with Crippen LogP contribution in [0.4, 0.5) is 17.3 Å². The molecule has 1 heterocycles. The first-order chi connectivity index (χ1) is 12.7. The summed E-state index contributed by atoms with van der Waals surface area (Å²) in [6.07, 6.45) is 2.86. The molecule has 0 bridgehead atoms. The fourth-order valence-corrected chi connectivity index (χ4v) is 2.47. The van der Waals surface area contributed by atoms with Crippen LogP contribution in [0.3, 0.4) is 0 Å². The molecule has 132 valence electrons. The molecule has 1 atom stereocenters. The summed E-state index contributed by atoms with van der Waals surface area (Å²) in [4.78, 5) is 19.6. The summed E-state index contributed by atoms with van der Waals surface area (Å²) < 4.78 is 4.62. The number of nitrogens with one attached hydrogen (secondary N) is 2. The minimum Gasteiger partial charge on any atom is -0.465 e. The Bertz CT molecular complexity index is 849. The van der Waals surface area contributed by atoms with Gasteiger partial charge < -0.3 is 15.4 Å². The molecule has 0 aliphatic heterocycles. The van der Waals surface area contributed by atoms with Gasteiger partial charge in [-0.1, -0.05) is 30.3 Å². The van der Waals surface area contributed by atoms with Gasteiger partial charge in [0.15, 0.2) is 0 Å². The van der Waals surface area contributed by atoms with Crippen LogP contribution in [0.2, 0.25) is 0 Å². The number of carbonyl (C=O) groups excluding carboxylic acids is 1. The number of rotatable bonds is 6. The average molecular weight is 348 g/mol. The fourth-order valence-electron chi connectivity index (χ4n) is 2.47. The molecule has 6 nitrogen and oxygen atoms in total. The van der Waals surface area contributed by atoms with E-state index >= 15 is 0 Å². The van der Waals surface area contributed by atoms with E-state index in [0.29, 0.717) is 11.5 Å². The zero-order chi connectivity index (χ0) is 18.4. The third-order valence-electron chi connectivity index (χ3n) is 3.90. The second-order valence-electron chi connectivity index (χ2n) is 5.77. The predicted molar refractivity (Wildman–Crippen MR) is 102 cm³/mol. The van der Waals surface area contributed by atoms with Crippen LogP contribution < -0.4 is 10.6 Å². The first-order valence-corrected chi connectivity index (χ1v) is 8.24. The lowest BCUT2D eigenvalue weighted by Gasteiger charge is -2.16. The van der Waals surface area contributed by atoms with E-state index in [4.69, 9.17) is 0 Å². The highest BCUT2D eigenvalue weighted by Crippen LogP contribution is 2.21. The number of ether oxygens (including phenoxy) is 1. The first kappa shape index (κ1) is 17.4. The van der Waals surface area contributed by atoms with Gasteiger partial charge in [0, 0.05) is 29.8 Å². The van der Waals surface area contributed by atoms with Gasteiger partial charge in [0.1, 0.15) is 0 Å². The quantitative estimate of drug-likeness (QED) is 0.651. The van der Waals surface area contributed by atoms with E-state index in [1.165, 1.54) is 25.1 Å². The highest BCUT2D eigenvalue weighted by molar-refractivity contribution is 5.88. The maximum atomic E-state index is 11.4. The van der Waals surface area contributed by atoms with Gasteiger partial charge in [-0.3, -0.25) is 0 Å². The van der Waals surface area contributed by atoms with Crippen molar-refractivity contribution >= 4 is 23.3 Å². The van der Waals surface area contributed by atoms with E-state index in [-0.39, 0.29) is 6.04 Å². The largest absolute Gasteiger partial charge is 0.465 e. The van der Waals surface area contributed by atoms with Crippen LogP contribution in [0.1, 0.15) is 28.9 Å². The smallest absolute Gasteiger partial charge is 0.341 e. The third kappa shape index (κ3) is 4.36. The molecule has 26 heavy (non-hydrogen) atoms. The zero-order valence-electron chi connectivity index (χ0n) is 14.6. The fraction of sp³-hybridized carbons (Fsp3) is 0.150. The number of hydrogen-bond acceptors (Lipinski definition) is 6. The molecule has 3 rings (SSSR count). The van der Waals surface area contributed by atoms with Gasteiger partial charge in [-0.25, -0.2) is 14.8 Å². The van der Waals surface area contributed by atoms with Crippen molar-refractivity contribution in [3.63, 3.8) is 0 Å². The highest BCUT2D eigenvalue weighted by Gasteiger charge is 2.07. The Morgan fingerprint density at radius 2 is 1.58 bits per heavy atom. The van der Waals surface area contributed by atoms with Gasteiger partial charge in [0.2, 0.25) is 5.95 Å². The Kier molecular flexibility index (Phi) is 5.43. The van der Waals surface area contributed by atoms with E-state index in [1.807, 2.05) is 42.5 Å². The Labute approximate surface area is 152 Å². The van der Waals surface area contributed by atoms with Crippen LogP contribution in [0.5, 0.6) is 0 Å². The molecular formula is C20H20N4O2. The lowest BCUT2D eigenvalue weighted by molar-refractivity contribution is 0.0600. The van der Waals surface area contributed by atoms with Crippen LogP contribution in [0.15, 0.2) is 67.0 Å². The van der Waals surface area contributed by atoms with Crippen LogP contribution in [0, 0.1) is 0 Å². The molecule has 1 unspecified atom stereocenters. The van der Waals surface area contributed by atoms with Crippen LogP contribution in [-0.4, -0.2) is 23.0 Å². The summed E-state index contributed by atoms with van der Waals surface area (Å²) in [5.41, 5.74) is 3.42.